The second-order valence-electron chi connectivity index (χ2n) is 6.82. The standard InChI is InChI=1S/C20H25N3O2/c1-15-11-19(24)21-12-18(15)20(25)23-10-6-9-22(13-16(23)2)14-17-7-4-3-5-8-17/h3-5,7-8,11-12,16H,6,9-10,13-14H2,1-2H3,(H,21,24). The lowest BCUT2D eigenvalue weighted by Crippen LogP contribution is -2.42. The van der Waals surface area contributed by atoms with E-state index in [1.165, 1.54) is 11.6 Å². The van der Waals surface area contributed by atoms with Crippen LogP contribution in [0.15, 0.2) is 47.4 Å². The molecule has 1 aromatic carbocycles. The van der Waals surface area contributed by atoms with Crippen molar-refractivity contribution in [3.63, 3.8) is 0 Å². The molecular formula is C20H25N3O2. The Morgan fingerprint density at radius 3 is 2.72 bits per heavy atom. The SMILES string of the molecule is Cc1cc(=O)[nH]cc1C(=O)N1CCCN(Cc2ccccc2)CC1C. The largest absolute Gasteiger partial charge is 0.335 e. The number of nitrogens with zero attached hydrogens (tertiary/aromatic N) is 2. The van der Waals surface area contributed by atoms with Crippen LogP contribution in [-0.4, -0.2) is 46.4 Å². The van der Waals surface area contributed by atoms with Crippen molar-refractivity contribution in [2.45, 2.75) is 32.9 Å². The van der Waals surface area contributed by atoms with Crippen molar-refractivity contribution in [1.29, 1.82) is 0 Å². The Bertz CT molecular complexity index is 785. The van der Waals surface area contributed by atoms with Crippen molar-refractivity contribution < 1.29 is 4.79 Å². The number of aryl methyl sites for hydroxylation is 1. The highest BCUT2D eigenvalue weighted by Gasteiger charge is 2.27. The third-order valence-electron chi connectivity index (χ3n) is 4.80. The minimum atomic E-state index is -0.174. The molecule has 0 spiro atoms. The summed E-state index contributed by atoms with van der Waals surface area (Å²) >= 11 is 0. The Morgan fingerprint density at radius 1 is 1.24 bits per heavy atom. The first-order chi connectivity index (χ1) is 12.0. The van der Waals surface area contributed by atoms with Crippen molar-refractivity contribution in [1.82, 2.24) is 14.8 Å². The fraction of sp³-hybridized carbons (Fsp3) is 0.400. The zero-order valence-electron chi connectivity index (χ0n) is 14.9. The summed E-state index contributed by atoms with van der Waals surface area (Å²) in [5, 5.41) is 0. The highest BCUT2D eigenvalue weighted by atomic mass is 16.2. The summed E-state index contributed by atoms with van der Waals surface area (Å²) in [5.74, 6) is 0.00260. The van der Waals surface area contributed by atoms with E-state index < -0.39 is 0 Å². The third-order valence-corrected chi connectivity index (χ3v) is 4.80. The average molecular weight is 339 g/mol. The molecule has 0 saturated carbocycles. The summed E-state index contributed by atoms with van der Waals surface area (Å²) in [6.45, 7) is 7.39. The molecule has 1 fully saturated rings. The van der Waals surface area contributed by atoms with Gasteiger partial charge in [0.25, 0.3) is 5.91 Å². The Morgan fingerprint density at radius 2 is 2.00 bits per heavy atom. The monoisotopic (exact) mass is 339 g/mol. The molecule has 1 aliphatic rings. The van der Waals surface area contributed by atoms with E-state index in [-0.39, 0.29) is 17.5 Å². The van der Waals surface area contributed by atoms with Crippen molar-refractivity contribution in [3.05, 3.63) is 69.6 Å². The number of rotatable bonds is 3. The zero-order valence-corrected chi connectivity index (χ0v) is 14.9. The first-order valence-electron chi connectivity index (χ1n) is 8.81. The number of aromatic amines is 1. The van der Waals surface area contributed by atoms with Crippen molar-refractivity contribution in [3.8, 4) is 0 Å². The van der Waals surface area contributed by atoms with Gasteiger partial charge >= 0.3 is 0 Å². The molecule has 1 aromatic heterocycles. The number of pyridine rings is 1. The van der Waals surface area contributed by atoms with E-state index in [9.17, 15) is 9.59 Å². The van der Waals surface area contributed by atoms with Crippen LogP contribution in [0, 0.1) is 6.92 Å². The van der Waals surface area contributed by atoms with Crippen LogP contribution in [0.25, 0.3) is 0 Å². The fourth-order valence-electron chi connectivity index (χ4n) is 3.49. The molecule has 2 aromatic rings. The maximum Gasteiger partial charge on any atom is 0.255 e. The number of nitrogens with one attached hydrogen (secondary N) is 1. The van der Waals surface area contributed by atoms with Gasteiger partial charge in [0.05, 0.1) is 5.56 Å². The van der Waals surface area contributed by atoms with Crippen LogP contribution in [0.2, 0.25) is 0 Å². The summed E-state index contributed by atoms with van der Waals surface area (Å²) in [4.78, 5) is 31.3. The Balaban J connectivity index is 1.71. The van der Waals surface area contributed by atoms with E-state index in [1.54, 1.807) is 6.20 Å². The van der Waals surface area contributed by atoms with Gasteiger partial charge in [-0.3, -0.25) is 14.5 Å². The Hall–Kier alpha value is -2.40. The van der Waals surface area contributed by atoms with Gasteiger partial charge in [0, 0.05) is 44.5 Å². The molecule has 5 heteroatoms. The maximum atomic E-state index is 12.9. The van der Waals surface area contributed by atoms with E-state index in [4.69, 9.17) is 0 Å². The lowest BCUT2D eigenvalue weighted by Gasteiger charge is -2.29. The number of hydrogen-bond acceptors (Lipinski definition) is 3. The zero-order chi connectivity index (χ0) is 17.8. The second-order valence-corrected chi connectivity index (χ2v) is 6.82. The first kappa shape index (κ1) is 17.4. The predicted molar refractivity (Wildman–Crippen MR) is 98.6 cm³/mol. The van der Waals surface area contributed by atoms with Crippen molar-refractivity contribution >= 4 is 5.91 Å². The minimum absolute atomic E-state index is 0.00260. The third kappa shape index (κ3) is 4.17. The molecule has 3 rings (SSSR count). The van der Waals surface area contributed by atoms with Crippen molar-refractivity contribution in [2.24, 2.45) is 0 Å². The molecule has 0 bridgehead atoms. The second kappa shape index (κ2) is 7.66. The molecule has 1 amide bonds. The number of amides is 1. The minimum Gasteiger partial charge on any atom is -0.335 e. The van der Waals surface area contributed by atoms with Crippen LogP contribution < -0.4 is 5.56 Å². The molecule has 2 heterocycles. The molecule has 0 radical (unpaired) electrons. The molecule has 132 valence electrons. The van der Waals surface area contributed by atoms with Crippen molar-refractivity contribution in [2.75, 3.05) is 19.6 Å². The number of hydrogen-bond donors (Lipinski definition) is 1. The molecule has 5 nitrogen and oxygen atoms in total. The smallest absolute Gasteiger partial charge is 0.255 e. The molecule has 1 saturated heterocycles. The Labute approximate surface area is 148 Å². The molecule has 1 atom stereocenters. The van der Waals surface area contributed by atoms with Gasteiger partial charge in [-0.05, 0) is 31.4 Å². The number of carbonyl (C=O) groups excluding carboxylic acids is 1. The lowest BCUT2D eigenvalue weighted by atomic mass is 10.1. The molecular weight excluding hydrogens is 314 g/mol. The van der Waals surface area contributed by atoms with Gasteiger partial charge in [-0.15, -0.1) is 0 Å². The first-order valence-corrected chi connectivity index (χ1v) is 8.81. The van der Waals surface area contributed by atoms with Crippen LogP contribution in [0.5, 0.6) is 0 Å². The fourth-order valence-corrected chi connectivity index (χ4v) is 3.49. The number of aromatic nitrogens is 1. The maximum absolute atomic E-state index is 12.9. The summed E-state index contributed by atoms with van der Waals surface area (Å²) < 4.78 is 0. The van der Waals surface area contributed by atoms with Gasteiger partial charge in [0.1, 0.15) is 0 Å². The molecule has 25 heavy (non-hydrogen) atoms. The van der Waals surface area contributed by atoms with E-state index in [0.717, 1.165) is 38.2 Å². The lowest BCUT2D eigenvalue weighted by molar-refractivity contribution is 0.0690. The summed E-state index contributed by atoms with van der Waals surface area (Å²) in [7, 11) is 0. The van der Waals surface area contributed by atoms with Crippen LogP contribution in [0.1, 0.15) is 34.8 Å². The predicted octanol–water partition coefficient (Wildman–Crippen LogP) is 2.42. The Kier molecular flexibility index (Phi) is 5.34. The molecule has 1 unspecified atom stereocenters. The number of H-pyrrole nitrogens is 1. The number of carbonyl (C=O) groups is 1. The van der Waals surface area contributed by atoms with Gasteiger partial charge < -0.3 is 9.88 Å². The van der Waals surface area contributed by atoms with Crippen LogP contribution in [0.4, 0.5) is 0 Å². The van der Waals surface area contributed by atoms with Crippen LogP contribution in [0.3, 0.4) is 0 Å². The van der Waals surface area contributed by atoms with Gasteiger partial charge in [-0.2, -0.15) is 0 Å². The summed E-state index contributed by atoms with van der Waals surface area (Å²) in [6, 6.07) is 12.0. The normalized spacial score (nSPS) is 18.8. The van der Waals surface area contributed by atoms with E-state index in [2.05, 4.69) is 41.1 Å². The van der Waals surface area contributed by atoms with Gasteiger partial charge in [0.2, 0.25) is 5.56 Å². The molecule has 1 N–H and O–H groups in total. The summed E-state index contributed by atoms with van der Waals surface area (Å²) in [5.41, 5.74) is 2.44. The average Bonchev–Trinajstić information content (AvgIpc) is 2.76. The van der Waals surface area contributed by atoms with E-state index >= 15 is 0 Å². The van der Waals surface area contributed by atoms with Crippen LogP contribution >= 0.6 is 0 Å². The highest BCUT2D eigenvalue weighted by Crippen LogP contribution is 2.17. The van der Waals surface area contributed by atoms with Gasteiger partial charge in [-0.1, -0.05) is 30.3 Å². The highest BCUT2D eigenvalue weighted by molar-refractivity contribution is 5.95. The van der Waals surface area contributed by atoms with E-state index in [1.807, 2.05) is 17.9 Å². The van der Waals surface area contributed by atoms with Crippen LogP contribution in [-0.2, 0) is 6.54 Å². The van der Waals surface area contributed by atoms with E-state index in [0.29, 0.717) is 5.56 Å². The van der Waals surface area contributed by atoms with Gasteiger partial charge in [-0.25, -0.2) is 0 Å². The molecule has 1 aliphatic heterocycles. The van der Waals surface area contributed by atoms with Gasteiger partial charge in [0.15, 0.2) is 0 Å². The number of benzene rings is 1. The topological polar surface area (TPSA) is 56.4 Å². The quantitative estimate of drug-likeness (QED) is 0.934. The molecule has 0 aliphatic carbocycles. The summed E-state index contributed by atoms with van der Waals surface area (Å²) in [6.07, 6.45) is 2.49.